The molecule has 3 N–H and O–H groups in total. The number of morpholine rings is 1. The van der Waals surface area contributed by atoms with E-state index in [0.29, 0.717) is 55.1 Å². The number of ether oxygens (including phenoxy) is 2. The number of nitrogens with two attached hydrogens (primary N) is 1. The Hall–Kier alpha value is -2.75. The van der Waals surface area contributed by atoms with Crippen LogP contribution in [0.4, 0.5) is 22.3 Å². The Bertz CT molecular complexity index is 887. The third kappa shape index (κ3) is 4.47. The van der Waals surface area contributed by atoms with Gasteiger partial charge in [-0.1, -0.05) is 0 Å². The lowest BCUT2D eigenvalue weighted by Gasteiger charge is -2.24. The summed E-state index contributed by atoms with van der Waals surface area (Å²) in [5, 5.41) is 3.34. The largest absolute Gasteiger partial charge is 0.444 e. The second-order valence-electron chi connectivity index (χ2n) is 8.40. The Kier molecular flexibility index (Phi) is 5.12. The van der Waals surface area contributed by atoms with Gasteiger partial charge in [-0.3, -0.25) is 0 Å². The molecule has 4 heterocycles. The number of nitrogens with one attached hydrogen (secondary N) is 1. The molecule has 10 nitrogen and oxygen atoms in total. The highest BCUT2D eigenvalue weighted by molar-refractivity contribution is 5.80. The van der Waals surface area contributed by atoms with Gasteiger partial charge in [0.25, 0.3) is 6.01 Å². The molecule has 2 fully saturated rings. The van der Waals surface area contributed by atoms with Gasteiger partial charge in [0, 0.05) is 38.3 Å². The van der Waals surface area contributed by atoms with E-state index in [2.05, 4.69) is 15.3 Å². The van der Waals surface area contributed by atoms with Crippen LogP contribution in [0.3, 0.4) is 0 Å². The highest BCUT2D eigenvalue weighted by Crippen LogP contribution is 2.28. The fourth-order valence-electron chi connectivity index (χ4n) is 3.44. The predicted octanol–water partition coefficient (Wildman–Crippen LogP) is 2.06. The van der Waals surface area contributed by atoms with Gasteiger partial charge < -0.3 is 34.7 Å². The van der Waals surface area contributed by atoms with E-state index >= 15 is 0 Å². The number of aromatic nitrogens is 2. The fourth-order valence-corrected chi connectivity index (χ4v) is 3.44. The average Bonchev–Trinajstić information content (AvgIpc) is 3.28. The van der Waals surface area contributed by atoms with Crippen LogP contribution >= 0.6 is 0 Å². The number of hydrogen-bond acceptors (Lipinski definition) is 9. The first-order chi connectivity index (χ1) is 13.8. The topological polar surface area (TPSA) is 119 Å². The van der Waals surface area contributed by atoms with Crippen molar-refractivity contribution in [1.82, 2.24) is 14.9 Å². The van der Waals surface area contributed by atoms with Gasteiger partial charge in [-0.2, -0.15) is 4.98 Å². The van der Waals surface area contributed by atoms with E-state index in [1.807, 2.05) is 25.7 Å². The lowest BCUT2D eigenvalue weighted by atomic mass is 10.2. The van der Waals surface area contributed by atoms with Crippen molar-refractivity contribution in [1.29, 1.82) is 0 Å². The zero-order chi connectivity index (χ0) is 20.6. The van der Waals surface area contributed by atoms with Gasteiger partial charge in [0.15, 0.2) is 11.4 Å². The number of nitrogen functional groups attached to an aromatic ring is 1. The van der Waals surface area contributed by atoms with Crippen LogP contribution < -0.4 is 16.0 Å². The molecule has 2 aliphatic rings. The minimum Gasteiger partial charge on any atom is -0.444 e. The van der Waals surface area contributed by atoms with E-state index < -0.39 is 5.60 Å². The number of hydrogen-bond donors (Lipinski definition) is 2. The number of anilines is 3. The smallest absolute Gasteiger partial charge is 0.410 e. The van der Waals surface area contributed by atoms with E-state index in [4.69, 9.17) is 19.6 Å². The summed E-state index contributed by atoms with van der Waals surface area (Å²) in [6, 6.07) is 2.31. The van der Waals surface area contributed by atoms with Crippen LogP contribution in [0, 0.1) is 0 Å². The molecule has 0 spiro atoms. The summed E-state index contributed by atoms with van der Waals surface area (Å²) in [4.78, 5) is 25.0. The number of fused-ring (bicyclic) bond motifs is 1. The van der Waals surface area contributed by atoms with Gasteiger partial charge in [0.1, 0.15) is 5.60 Å². The Morgan fingerprint density at radius 2 is 2.03 bits per heavy atom. The molecule has 29 heavy (non-hydrogen) atoms. The van der Waals surface area contributed by atoms with Crippen LogP contribution in [0.25, 0.3) is 11.2 Å². The lowest BCUT2D eigenvalue weighted by molar-refractivity contribution is 0.0293. The third-order valence-electron chi connectivity index (χ3n) is 4.86. The highest BCUT2D eigenvalue weighted by Gasteiger charge is 2.30. The first-order valence-corrected chi connectivity index (χ1v) is 9.93. The van der Waals surface area contributed by atoms with Crippen LogP contribution in [0.15, 0.2) is 10.5 Å². The monoisotopic (exact) mass is 404 g/mol. The number of carbonyl (C=O) groups excluding carboxylic acids is 1. The van der Waals surface area contributed by atoms with Crippen LogP contribution in [0.5, 0.6) is 0 Å². The maximum absolute atomic E-state index is 12.3. The molecular formula is C19H28N6O4. The molecule has 1 atom stereocenters. The van der Waals surface area contributed by atoms with E-state index in [0.717, 1.165) is 19.5 Å². The molecule has 2 aliphatic heterocycles. The van der Waals surface area contributed by atoms with Crippen molar-refractivity contribution in [2.45, 2.75) is 38.8 Å². The zero-order valence-corrected chi connectivity index (χ0v) is 17.1. The van der Waals surface area contributed by atoms with Gasteiger partial charge in [0.2, 0.25) is 5.65 Å². The molecule has 2 saturated heterocycles. The van der Waals surface area contributed by atoms with Crippen molar-refractivity contribution in [2.24, 2.45) is 0 Å². The number of likely N-dealkylation sites (tertiary alicyclic amines) is 1. The van der Waals surface area contributed by atoms with Crippen LogP contribution in [0.1, 0.15) is 27.2 Å². The minimum absolute atomic E-state index is 0.0420. The number of oxazole rings is 1. The van der Waals surface area contributed by atoms with Crippen molar-refractivity contribution < 1.29 is 18.7 Å². The van der Waals surface area contributed by atoms with Crippen molar-refractivity contribution in [3.8, 4) is 0 Å². The third-order valence-corrected chi connectivity index (χ3v) is 4.86. The maximum atomic E-state index is 12.3. The molecule has 0 saturated carbocycles. The number of amides is 1. The zero-order valence-electron chi connectivity index (χ0n) is 17.1. The van der Waals surface area contributed by atoms with Crippen molar-refractivity contribution >= 4 is 34.8 Å². The number of pyridine rings is 1. The summed E-state index contributed by atoms with van der Waals surface area (Å²) < 4.78 is 16.6. The highest BCUT2D eigenvalue weighted by atomic mass is 16.6. The van der Waals surface area contributed by atoms with E-state index in [1.54, 1.807) is 11.0 Å². The molecule has 4 rings (SSSR count). The second-order valence-corrected chi connectivity index (χ2v) is 8.40. The second kappa shape index (κ2) is 7.58. The summed E-state index contributed by atoms with van der Waals surface area (Å²) >= 11 is 0. The Morgan fingerprint density at radius 1 is 1.28 bits per heavy atom. The van der Waals surface area contributed by atoms with Gasteiger partial charge in [-0.25, -0.2) is 9.78 Å². The van der Waals surface area contributed by atoms with Crippen LogP contribution in [0.2, 0.25) is 0 Å². The van der Waals surface area contributed by atoms with Crippen LogP contribution in [-0.2, 0) is 9.47 Å². The summed E-state index contributed by atoms with van der Waals surface area (Å²) in [5.74, 6) is 0.551. The van der Waals surface area contributed by atoms with Gasteiger partial charge in [-0.15, -0.1) is 0 Å². The number of carbonyl (C=O) groups is 1. The molecular weight excluding hydrogens is 376 g/mol. The first-order valence-electron chi connectivity index (χ1n) is 9.93. The lowest BCUT2D eigenvalue weighted by Crippen LogP contribution is -2.36. The fraction of sp³-hybridized carbons (Fsp3) is 0.632. The SMILES string of the molecule is CC(C)(C)OC(=O)N1CCC(Nc2nc3nc(N4CCOCC4)oc3cc2N)C1. The van der Waals surface area contributed by atoms with Crippen LogP contribution in [-0.4, -0.2) is 72.0 Å². The number of rotatable bonds is 3. The predicted molar refractivity (Wildman–Crippen MR) is 109 cm³/mol. The average molecular weight is 404 g/mol. The van der Waals surface area contributed by atoms with E-state index in [-0.39, 0.29) is 12.1 Å². The van der Waals surface area contributed by atoms with Crippen molar-refractivity contribution in [2.75, 3.05) is 55.3 Å². The molecule has 2 aromatic rings. The minimum atomic E-state index is -0.509. The van der Waals surface area contributed by atoms with Crippen molar-refractivity contribution in [3.05, 3.63) is 6.07 Å². The standard InChI is InChI=1S/C19H28N6O4/c1-19(2,3)29-18(26)25-5-4-12(11-25)21-15-13(20)10-14-16(22-15)23-17(28-14)24-6-8-27-9-7-24/h10,12H,4-9,11,20H2,1-3H3,(H,21,22). The molecule has 10 heteroatoms. The summed E-state index contributed by atoms with van der Waals surface area (Å²) in [7, 11) is 0. The Balaban J connectivity index is 1.44. The van der Waals surface area contributed by atoms with Gasteiger partial charge in [-0.05, 0) is 27.2 Å². The normalized spacial score (nSPS) is 20.3. The summed E-state index contributed by atoms with van der Waals surface area (Å²) in [6.45, 7) is 9.50. The maximum Gasteiger partial charge on any atom is 0.410 e. The van der Waals surface area contributed by atoms with E-state index in [9.17, 15) is 4.79 Å². The first kappa shape index (κ1) is 19.6. The Labute approximate surface area is 169 Å². The molecule has 0 aliphatic carbocycles. The molecule has 1 unspecified atom stereocenters. The molecule has 0 bridgehead atoms. The summed E-state index contributed by atoms with van der Waals surface area (Å²) in [6.07, 6.45) is 0.487. The molecule has 158 valence electrons. The molecule has 2 aromatic heterocycles. The quantitative estimate of drug-likeness (QED) is 0.792. The summed E-state index contributed by atoms with van der Waals surface area (Å²) in [5.41, 5.74) is 7.21. The Morgan fingerprint density at radius 3 is 2.76 bits per heavy atom. The van der Waals surface area contributed by atoms with Crippen molar-refractivity contribution in [3.63, 3.8) is 0 Å². The van der Waals surface area contributed by atoms with Gasteiger partial charge in [0.05, 0.1) is 18.9 Å². The molecule has 0 aromatic carbocycles. The van der Waals surface area contributed by atoms with Gasteiger partial charge >= 0.3 is 6.09 Å². The molecule has 1 amide bonds. The van der Waals surface area contributed by atoms with E-state index in [1.165, 1.54) is 0 Å². The molecule has 0 radical (unpaired) electrons. The number of nitrogens with zero attached hydrogens (tertiary/aromatic N) is 4.